The van der Waals surface area contributed by atoms with Gasteiger partial charge in [0, 0.05) is 39.1 Å². The minimum absolute atomic E-state index is 0.0524. The summed E-state index contributed by atoms with van der Waals surface area (Å²) in [7, 11) is 2.20. The SMILES string of the molecule is CCCCCCCCCCCCC(CCCCCCCCCC)COC(=O)CCN(CCCC(=O)OCCCCCCCCCCC)CCCN1CCN(C)CC1. The molecule has 1 fully saturated rings. The monoisotopic (exact) mass is 806 g/mol. The zero-order valence-electron chi connectivity index (χ0n) is 39.0. The van der Waals surface area contributed by atoms with E-state index in [-0.39, 0.29) is 11.9 Å². The van der Waals surface area contributed by atoms with Crippen LogP contribution in [-0.2, 0) is 19.1 Å². The molecule has 57 heavy (non-hydrogen) atoms. The second-order valence-corrected chi connectivity index (χ2v) is 18.0. The zero-order valence-corrected chi connectivity index (χ0v) is 39.0. The van der Waals surface area contributed by atoms with Crippen molar-refractivity contribution in [1.82, 2.24) is 14.7 Å². The van der Waals surface area contributed by atoms with Gasteiger partial charge in [-0.1, -0.05) is 188 Å². The van der Waals surface area contributed by atoms with Gasteiger partial charge in [-0.05, 0) is 64.7 Å². The molecule has 0 aromatic rings. The highest BCUT2D eigenvalue weighted by Gasteiger charge is 2.17. The summed E-state index contributed by atoms with van der Waals surface area (Å²) < 4.78 is 11.6. The Morgan fingerprint density at radius 3 is 1.39 bits per heavy atom. The number of likely N-dealkylation sites (N-methyl/N-ethyl adjacent to an activating group) is 1. The van der Waals surface area contributed by atoms with Crippen LogP contribution in [-0.4, -0.2) is 99.3 Å². The van der Waals surface area contributed by atoms with Crippen molar-refractivity contribution in [2.24, 2.45) is 5.92 Å². The highest BCUT2D eigenvalue weighted by atomic mass is 16.5. The maximum Gasteiger partial charge on any atom is 0.307 e. The number of hydrogen-bond acceptors (Lipinski definition) is 7. The summed E-state index contributed by atoms with van der Waals surface area (Å²) in [5, 5.41) is 0. The van der Waals surface area contributed by atoms with Crippen LogP contribution < -0.4 is 0 Å². The molecule has 1 aliphatic rings. The van der Waals surface area contributed by atoms with Gasteiger partial charge in [0.15, 0.2) is 0 Å². The first kappa shape index (κ1) is 53.8. The molecule has 0 radical (unpaired) electrons. The molecule has 1 unspecified atom stereocenters. The normalized spacial score (nSPS) is 14.4. The molecular weight excluding hydrogens is 707 g/mol. The summed E-state index contributed by atoms with van der Waals surface area (Å²) in [4.78, 5) is 33.1. The van der Waals surface area contributed by atoms with Crippen molar-refractivity contribution < 1.29 is 19.1 Å². The average molecular weight is 806 g/mol. The molecule has 7 nitrogen and oxygen atoms in total. The van der Waals surface area contributed by atoms with Crippen molar-refractivity contribution in [3.05, 3.63) is 0 Å². The Morgan fingerprint density at radius 2 is 0.895 bits per heavy atom. The molecule has 338 valence electrons. The molecule has 0 N–H and O–H groups in total. The number of ether oxygens (including phenoxy) is 2. The van der Waals surface area contributed by atoms with Crippen molar-refractivity contribution in [1.29, 1.82) is 0 Å². The number of rotatable bonds is 43. The average Bonchev–Trinajstić information content (AvgIpc) is 3.21. The fraction of sp³-hybridized carbons (Fsp3) is 0.960. The van der Waals surface area contributed by atoms with E-state index < -0.39 is 0 Å². The number of carbonyl (C=O) groups excluding carboxylic acids is 2. The van der Waals surface area contributed by atoms with Crippen molar-refractivity contribution >= 4 is 11.9 Å². The summed E-state index contributed by atoms with van der Waals surface area (Å²) in [6, 6.07) is 0. The van der Waals surface area contributed by atoms with Gasteiger partial charge < -0.3 is 24.2 Å². The molecule has 0 bridgehead atoms. The molecule has 0 amide bonds. The van der Waals surface area contributed by atoms with Crippen LogP contribution in [0.25, 0.3) is 0 Å². The highest BCUT2D eigenvalue weighted by Crippen LogP contribution is 2.21. The third-order valence-electron chi connectivity index (χ3n) is 12.5. The first-order valence-electron chi connectivity index (χ1n) is 25.4. The number of esters is 2. The van der Waals surface area contributed by atoms with Crippen LogP contribution >= 0.6 is 0 Å². The molecule has 0 saturated carbocycles. The summed E-state index contributed by atoms with van der Waals surface area (Å²) in [6.45, 7) is 16.1. The molecule has 1 aliphatic heterocycles. The van der Waals surface area contributed by atoms with Gasteiger partial charge in [-0.2, -0.15) is 0 Å². The van der Waals surface area contributed by atoms with E-state index in [0.717, 1.165) is 71.5 Å². The van der Waals surface area contributed by atoms with Crippen LogP contribution in [0, 0.1) is 5.92 Å². The maximum atomic E-state index is 13.2. The summed E-state index contributed by atoms with van der Waals surface area (Å²) in [5.41, 5.74) is 0. The Labute approximate surface area is 355 Å². The lowest BCUT2D eigenvalue weighted by atomic mass is 9.94. The van der Waals surface area contributed by atoms with Crippen molar-refractivity contribution in [2.75, 3.05) is 72.6 Å². The number of nitrogens with zero attached hydrogens (tertiary/aromatic N) is 3. The number of hydrogen-bond donors (Lipinski definition) is 0. The van der Waals surface area contributed by atoms with E-state index in [9.17, 15) is 9.59 Å². The zero-order chi connectivity index (χ0) is 41.3. The molecule has 1 saturated heterocycles. The predicted octanol–water partition coefficient (Wildman–Crippen LogP) is 13.2. The quantitative estimate of drug-likeness (QED) is 0.0449. The molecular formula is C50H99N3O4. The largest absolute Gasteiger partial charge is 0.466 e. The number of carbonyl (C=O) groups is 2. The van der Waals surface area contributed by atoms with Gasteiger partial charge in [-0.15, -0.1) is 0 Å². The molecule has 7 heteroatoms. The van der Waals surface area contributed by atoms with Gasteiger partial charge in [-0.3, -0.25) is 9.59 Å². The van der Waals surface area contributed by atoms with Crippen molar-refractivity contribution in [3.8, 4) is 0 Å². The topological polar surface area (TPSA) is 62.3 Å². The van der Waals surface area contributed by atoms with E-state index in [0.29, 0.717) is 38.5 Å². The fourth-order valence-corrected chi connectivity index (χ4v) is 8.37. The number of unbranched alkanes of at least 4 members (excludes halogenated alkanes) is 24. The first-order chi connectivity index (χ1) is 28.0. The van der Waals surface area contributed by atoms with Gasteiger partial charge in [0.2, 0.25) is 0 Å². The lowest BCUT2D eigenvalue weighted by Crippen LogP contribution is -2.45. The molecule has 0 aromatic heterocycles. The molecule has 1 rings (SSSR count). The van der Waals surface area contributed by atoms with Crippen LogP contribution in [0.5, 0.6) is 0 Å². The summed E-state index contributed by atoms with van der Waals surface area (Å²) >= 11 is 0. The Balaban J connectivity index is 2.48. The molecule has 0 aromatic carbocycles. The van der Waals surface area contributed by atoms with E-state index in [2.05, 4.69) is 42.5 Å². The van der Waals surface area contributed by atoms with E-state index in [1.54, 1.807) is 0 Å². The van der Waals surface area contributed by atoms with Gasteiger partial charge in [0.1, 0.15) is 0 Å². The highest BCUT2D eigenvalue weighted by molar-refractivity contribution is 5.69. The first-order valence-corrected chi connectivity index (χ1v) is 25.4. The minimum Gasteiger partial charge on any atom is -0.466 e. The van der Waals surface area contributed by atoms with Crippen LogP contribution in [0.3, 0.4) is 0 Å². The van der Waals surface area contributed by atoms with Crippen molar-refractivity contribution in [3.63, 3.8) is 0 Å². The van der Waals surface area contributed by atoms with Crippen LogP contribution in [0.15, 0.2) is 0 Å². The van der Waals surface area contributed by atoms with Gasteiger partial charge in [0.05, 0.1) is 19.6 Å². The van der Waals surface area contributed by atoms with Crippen molar-refractivity contribution in [2.45, 2.75) is 233 Å². The van der Waals surface area contributed by atoms with E-state index in [1.165, 1.54) is 173 Å². The Bertz CT molecular complexity index is 865. The Morgan fingerprint density at radius 1 is 0.474 bits per heavy atom. The smallest absolute Gasteiger partial charge is 0.307 e. The van der Waals surface area contributed by atoms with Gasteiger partial charge in [0.25, 0.3) is 0 Å². The second kappa shape index (κ2) is 41.5. The van der Waals surface area contributed by atoms with Gasteiger partial charge in [-0.25, -0.2) is 0 Å². The Hall–Kier alpha value is -1.18. The minimum atomic E-state index is -0.0729. The standard InChI is InChI=1S/C50H99N3O4/c1-5-8-11-14-17-20-21-24-27-30-35-48(34-29-26-23-19-16-13-10-7-3)47-57-50(55)37-41-52(39-33-40-53-44-42-51(4)43-45-53)38-32-36-49(54)56-46-31-28-25-22-18-15-12-9-6-2/h48H,5-47H2,1-4H3. The van der Waals surface area contributed by atoms with Crippen LogP contribution in [0.2, 0.25) is 0 Å². The molecule has 1 heterocycles. The molecule has 0 spiro atoms. The lowest BCUT2D eigenvalue weighted by molar-refractivity contribution is -0.146. The predicted molar refractivity (Wildman–Crippen MR) is 245 cm³/mol. The van der Waals surface area contributed by atoms with Crippen LogP contribution in [0.4, 0.5) is 0 Å². The maximum absolute atomic E-state index is 13.2. The fourth-order valence-electron chi connectivity index (χ4n) is 8.37. The number of piperazine rings is 1. The summed E-state index contributed by atoms with van der Waals surface area (Å²) in [6.07, 6.45) is 40.8. The van der Waals surface area contributed by atoms with E-state index in [4.69, 9.17) is 9.47 Å². The third-order valence-corrected chi connectivity index (χ3v) is 12.5. The van der Waals surface area contributed by atoms with Gasteiger partial charge >= 0.3 is 11.9 Å². The van der Waals surface area contributed by atoms with Crippen LogP contribution in [0.1, 0.15) is 233 Å². The van der Waals surface area contributed by atoms with E-state index >= 15 is 0 Å². The second-order valence-electron chi connectivity index (χ2n) is 18.0. The molecule has 1 atom stereocenters. The third kappa shape index (κ3) is 36.4. The molecule has 0 aliphatic carbocycles. The summed E-state index contributed by atoms with van der Waals surface area (Å²) in [5.74, 6) is 0.365. The Kier molecular flexibility index (Phi) is 39.2. The lowest BCUT2D eigenvalue weighted by Gasteiger charge is -2.33. The van der Waals surface area contributed by atoms with E-state index in [1.807, 2.05) is 0 Å².